The number of hydrogen-bond acceptors (Lipinski definition) is 8. The van der Waals surface area contributed by atoms with Crippen molar-refractivity contribution in [2.45, 2.75) is 30.4 Å². The molecule has 0 spiro atoms. The van der Waals surface area contributed by atoms with Crippen LogP contribution < -0.4 is 10.6 Å². The fourth-order valence-electron chi connectivity index (χ4n) is 2.56. The smallest absolute Gasteiger partial charge is 0.230 e. The Labute approximate surface area is 178 Å². The summed E-state index contributed by atoms with van der Waals surface area (Å²) in [7, 11) is 0. The third kappa shape index (κ3) is 6.07. The SMILES string of the molecule is CSc1nc(NCC(C)C)c2cnn(CCNC(=O)CSc3ccncc3)c2n1. The van der Waals surface area contributed by atoms with Gasteiger partial charge in [0, 0.05) is 30.4 Å². The van der Waals surface area contributed by atoms with Crippen molar-refractivity contribution in [2.24, 2.45) is 5.92 Å². The van der Waals surface area contributed by atoms with Gasteiger partial charge in [-0.1, -0.05) is 25.6 Å². The van der Waals surface area contributed by atoms with Gasteiger partial charge in [-0.05, 0) is 24.3 Å². The number of pyridine rings is 1. The predicted octanol–water partition coefficient (Wildman–Crippen LogP) is 2.92. The van der Waals surface area contributed by atoms with E-state index in [-0.39, 0.29) is 5.91 Å². The van der Waals surface area contributed by atoms with E-state index in [0.717, 1.165) is 28.3 Å². The van der Waals surface area contributed by atoms with Crippen LogP contribution in [0.5, 0.6) is 0 Å². The first-order chi connectivity index (χ1) is 14.1. The van der Waals surface area contributed by atoms with Crippen molar-refractivity contribution in [1.82, 2.24) is 30.0 Å². The predicted molar refractivity (Wildman–Crippen MR) is 118 cm³/mol. The lowest BCUT2D eigenvalue weighted by molar-refractivity contribution is -0.118. The summed E-state index contributed by atoms with van der Waals surface area (Å²) in [6, 6.07) is 3.78. The van der Waals surface area contributed by atoms with Crippen molar-refractivity contribution in [1.29, 1.82) is 0 Å². The summed E-state index contributed by atoms with van der Waals surface area (Å²) in [5, 5.41) is 12.4. The summed E-state index contributed by atoms with van der Waals surface area (Å²) in [5.41, 5.74) is 0.774. The Morgan fingerprint density at radius 3 is 2.76 bits per heavy atom. The van der Waals surface area contributed by atoms with Gasteiger partial charge < -0.3 is 10.6 Å². The van der Waals surface area contributed by atoms with Gasteiger partial charge in [0.05, 0.1) is 23.9 Å². The summed E-state index contributed by atoms with van der Waals surface area (Å²) in [5.74, 6) is 1.67. The molecule has 0 fully saturated rings. The highest BCUT2D eigenvalue weighted by Crippen LogP contribution is 2.23. The molecule has 8 nitrogen and oxygen atoms in total. The number of thioether (sulfide) groups is 2. The summed E-state index contributed by atoms with van der Waals surface area (Å²) < 4.78 is 1.81. The van der Waals surface area contributed by atoms with E-state index in [9.17, 15) is 4.79 Å². The van der Waals surface area contributed by atoms with Crippen LogP contribution >= 0.6 is 23.5 Å². The topological polar surface area (TPSA) is 97.6 Å². The average molecular weight is 432 g/mol. The second-order valence-corrected chi connectivity index (χ2v) is 8.58. The second kappa shape index (κ2) is 10.4. The molecule has 3 rings (SSSR count). The highest BCUT2D eigenvalue weighted by molar-refractivity contribution is 8.00. The molecule has 3 heterocycles. The Hall–Kier alpha value is -2.33. The van der Waals surface area contributed by atoms with Crippen LogP contribution in [0.2, 0.25) is 0 Å². The zero-order chi connectivity index (χ0) is 20.6. The molecule has 0 aromatic carbocycles. The van der Waals surface area contributed by atoms with Crippen molar-refractivity contribution < 1.29 is 4.79 Å². The van der Waals surface area contributed by atoms with Crippen LogP contribution in [0.25, 0.3) is 11.0 Å². The highest BCUT2D eigenvalue weighted by atomic mass is 32.2. The Bertz CT molecular complexity index is 946. The molecule has 0 saturated heterocycles. The van der Waals surface area contributed by atoms with Gasteiger partial charge in [-0.15, -0.1) is 11.8 Å². The number of carbonyl (C=O) groups excluding carboxylic acids is 1. The number of hydrogen-bond donors (Lipinski definition) is 2. The third-order valence-electron chi connectivity index (χ3n) is 4.00. The van der Waals surface area contributed by atoms with E-state index >= 15 is 0 Å². The van der Waals surface area contributed by atoms with Crippen LogP contribution in [-0.2, 0) is 11.3 Å². The van der Waals surface area contributed by atoms with E-state index in [1.807, 2.05) is 23.1 Å². The number of anilines is 1. The number of aromatic nitrogens is 5. The largest absolute Gasteiger partial charge is 0.369 e. The first-order valence-corrected chi connectivity index (χ1v) is 11.6. The van der Waals surface area contributed by atoms with Crippen molar-refractivity contribution in [3.63, 3.8) is 0 Å². The van der Waals surface area contributed by atoms with Gasteiger partial charge in [-0.3, -0.25) is 9.78 Å². The molecule has 154 valence electrons. The molecule has 0 bridgehead atoms. The second-order valence-electron chi connectivity index (χ2n) is 6.76. The molecule has 0 aliphatic heterocycles. The Balaban J connectivity index is 1.59. The molecule has 0 atom stereocenters. The summed E-state index contributed by atoms with van der Waals surface area (Å²) >= 11 is 2.98. The summed E-state index contributed by atoms with van der Waals surface area (Å²) in [6.07, 6.45) is 7.17. The van der Waals surface area contributed by atoms with Crippen LogP contribution in [-0.4, -0.2) is 55.7 Å². The zero-order valence-corrected chi connectivity index (χ0v) is 18.4. The molecule has 10 heteroatoms. The first kappa shape index (κ1) is 21.4. The van der Waals surface area contributed by atoms with Crippen LogP contribution in [0.15, 0.2) is 40.8 Å². The van der Waals surface area contributed by atoms with Crippen LogP contribution in [0.4, 0.5) is 5.82 Å². The molecular weight excluding hydrogens is 406 g/mol. The van der Waals surface area contributed by atoms with E-state index in [0.29, 0.717) is 29.9 Å². The van der Waals surface area contributed by atoms with Gasteiger partial charge in [-0.2, -0.15) is 5.10 Å². The van der Waals surface area contributed by atoms with Crippen molar-refractivity contribution in [3.05, 3.63) is 30.7 Å². The average Bonchev–Trinajstić information content (AvgIpc) is 3.14. The molecule has 0 radical (unpaired) electrons. The van der Waals surface area contributed by atoms with Crippen molar-refractivity contribution in [3.8, 4) is 0 Å². The van der Waals surface area contributed by atoms with Gasteiger partial charge in [0.25, 0.3) is 0 Å². The molecule has 3 aromatic rings. The normalized spacial score (nSPS) is 11.2. The minimum Gasteiger partial charge on any atom is -0.369 e. The fourth-order valence-corrected chi connectivity index (χ4v) is 3.64. The lowest BCUT2D eigenvalue weighted by atomic mass is 10.2. The maximum Gasteiger partial charge on any atom is 0.230 e. The van der Waals surface area contributed by atoms with Gasteiger partial charge in [0.1, 0.15) is 5.82 Å². The number of carbonyl (C=O) groups is 1. The minimum absolute atomic E-state index is 0.0120. The van der Waals surface area contributed by atoms with Gasteiger partial charge in [0.2, 0.25) is 5.91 Å². The maximum absolute atomic E-state index is 12.1. The lowest BCUT2D eigenvalue weighted by Gasteiger charge is -2.10. The standard InChI is InChI=1S/C19H25N7OS2/c1-13(2)10-22-17-15-11-23-26(18(15)25-19(24-17)28-3)9-8-21-16(27)12-29-14-4-6-20-7-5-14/h4-7,11,13H,8-10,12H2,1-3H3,(H,21,27)(H,22,24,25). The molecule has 2 N–H and O–H groups in total. The number of fused-ring (bicyclic) bond motifs is 1. The molecule has 3 aromatic heterocycles. The van der Waals surface area contributed by atoms with Gasteiger partial charge in [0.15, 0.2) is 10.8 Å². The summed E-state index contributed by atoms with van der Waals surface area (Å²) in [4.78, 5) is 26.3. The Morgan fingerprint density at radius 2 is 2.03 bits per heavy atom. The number of nitrogens with one attached hydrogen (secondary N) is 2. The maximum atomic E-state index is 12.1. The van der Waals surface area contributed by atoms with Crippen LogP contribution in [0, 0.1) is 5.92 Å². The van der Waals surface area contributed by atoms with E-state index in [2.05, 4.69) is 44.5 Å². The fraction of sp³-hybridized carbons (Fsp3) is 0.421. The third-order valence-corrected chi connectivity index (χ3v) is 5.56. The minimum atomic E-state index is -0.0120. The molecule has 1 amide bonds. The molecule has 0 aliphatic rings. The Kier molecular flexibility index (Phi) is 7.70. The Morgan fingerprint density at radius 1 is 1.24 bits per heavy atom. The molecule has 0 saturated carbocycles. The van der Waals surface area contributed by atoms with E-state index in [4.69, 9.17) is 0 Å². The van der Waals surface area contributed by atoms with Crippen molar-refractivity contribution in [2.75, 3.05) is 30.4 Å². The van der Waals surface area contributed by atoms with Gasteiger partial charge >= 0.3 is 0 Å². The molecule has 29 heavy (non-hydrogen) atoms. The van der Waals surface area contributed by atoms with E-state index in [1.54, 1.807) is 18.6 Å². The molecule has 0 unspecified atom stereocenters. The number of nitrogens with zero attached hydrogens (tertiary/aromatic N) is 5. The van der Waals surface area contributed by atoms with Gasteiger partial charge in [-0.25, -0.2) is 14.6 Å². The molecular formula is C19H25N7OS2. The van der Waals surface area contributed by atoms with Crippen LogP contribution in [0.1, 0.15) is 13.8 Å². The van der Waals surface area contributed by atoms with Crippen LogP contribution in [0.3, 0.4) is 0 Å². The summed E-state index contributed by atoms with van der Waals surface area (Å²) in [6.45, 7) is 6.17. The lowest BCUT2D eigenvalue weighted by Crippen LogP contribution is -2.29. The van der Waals surface area contributed by atoms with Crippen molar-refractivity contribution >= 4 is 46.3 Å². The monoisotopic (exact) mass is 431 g/mol. The quantitative estimate of drug-likeness (QED) is 0.374. The number of rotatable bonds is 10. The highest BCUT2D eigenvalue weighted by Gasteiger charge is 2.13. The first-order valence-electron chi connectivity index (χ1n) is 9.37. The number of amides is 1. The van der Waals surface area contributed by atoms with E-state index in [1.165, 1.54) is 23.5 Å². The zero-order valence-electron chi connectivity index (χ0n) is 16.8. The molecule has 0 aliphatic carbocycles. The van der Waals surface area contributed by atoms with E-state index < -0.39 is 0 Å².